The van der Waals surface area contributed by atoms with E-state index >= 15 is 0 Å². The van der Waals surface area contributed by atoms with E-state index in [-0.39, 0.29) is 23.3 Å². The molecule has 138 valence electrons. The van der Waals surface area contributed by atoms with Gasteiger partial charge in [0.1, 0.15) is 17.0 Å². The van der Waals surface area contributed by atoms with Crippen molar-refractivity contribution in [2.45, 2.75) is 32.4 Å². The molecule has 0 saturated heterocycles. The summed E-state index contributed by atoms with van der Waals surface area (Å²) in [5.74, 6) is 0.153. The standard InChI is InChI=1S/C19H18N4O3S/c1-11-21-16(10-27-11)17-20-8-15(18(25)22-17)19(26)23(13-5-6-13)9-12-3-2-4-14(24)7-12/h2-4,7-8,10,13,24H,5-6,9H2,1H3,(H,20,22,25). The first-order chi connectivity index (χ1) is 13.0. The van der Waals surface area contributed by atoms with Crippen LogP contribution in [-0.4, -0.2) is 36.9 Å². The van der Waals surface area contributed by atoms with Gasteiger partial charge in [0.15, 0.2) is 5.82 Å². The van der Waals surface area contributed by atoms with Crippen molar-refractivity contribution in [3.63, 3.8) is 0 Å². The lowest BCUT2D eigenvalue weighted by Gasteiger charge is -2.22. The number of hydrogen-bond donors (Lipinski definition) is 2. The molecule has 8 heteroatoms. The molecule has 4 rings (SSSR count). The summed E-state index contributed by atoms with van der Waals surface area (Å²) in [6.45, 7) is 2.21. The smallest absolute Gasteiger partial charge is 0.264 e. The van der Waals surface area contributed by atoms with Crippen LogP contribution in [0.15, 0.2) is 40.6 Å². The van der Waals surface area contributed by atoms with Crippen molar-refractivity contribution in [3.05, 3.63) is 62.3 Å². The molecule has 0 unspecified atom stereocenters. The summed E-state index contributed by atoms with van der Waals surface area (Å²) in [7, 11) is 0. The van der Waals surface area contributed by atoms with Crippen LogP contribution in [0.3, 0.4) is 0 Å². The predicted octanol–water partition coefficient (Wildman–Crippen LogP) is 2.71. The normalized spacial score (nSPS) is 13.5. The van der Waals surface area contributed by atoms with Crippen LogP contribution in [0, 0.1) is 6.92 Å². The molecule has 1 fully saturated rings. The van der Waals surface area contributed by atoms with E-state index in [9.17, 15) is 14.7 Å². The van der Waals surface area contributed by atoms with Gasteiger partial charge in [0.05, 0.1) is 5.01 Å². The molecule has 0 spiro atoms. The van der Waals surface area contributed by atoms with Crippen LogP contribution >= 0.6 is 11.3 Å². The van der Waals surface area contributed by atoms with E-state index in [4.69, 9.17) is 0 Å². The molecule has 0 atom stereocenters. The number of rotatable bonds is 5. The van der Waals surface area contributed by atoms with Gasteiger partial charge in [-0.25, -0.2) is 9.97 Å². The third kappa shape index (κ3) is 3.75. The molecule has 2 N–H and O–H groups in total. The summed E-state index contributed by atoms with van der Waals surface area (Å²) in [6, 6.07) is 6.90. The zero-order valence-electron chi connectivity index (χ0n) is 14.7. The van der Waals surface area contributed by atoms with Gasteiger partial charge in [-0.05, 0) is 37.5 Å². The number of amides is 1. The van der Waals surface area contributed by atoms with Gasteiger partial charge in [0.25, 0.3) is 11.5 Å². The molecule has 3 aromatic rings. The quantitative estimate of drug-likeness (QED) is 0.707. The van der Waals surface area contributed by atoms with Gasteiger partial charge in [-0.15, -0.1) is 11.3 Å². The fourth-order valence-electron chi connectivity index (χ4n) is 2.91. The SMILES string of the molecule is Cc1nc(-c2ncc(C(=O)N(Cc3cccc(O)c3)C3CC3)c(=O)[nH]2)cs1. The summed E-state index contributed by atoms with van der Waals surface area (Å²) < 4.78 is 0. The van der Waals surface area contributed by atoms with Crippen LogP contribution in [0.2, 0.25) is 0 Å². The van der Waals surface area contributed by atoms with Gasteiger partial charge in [-0.1, -0.05) is 12.1 Å². The number of carbonyl (C=O) groups is 1. The van der Waals surface area contributed by atoms with Crippen molar-refractivity contribution in [2.75, 3.05) is 0 Å². The highest BCUT2D eigenvalue weighted by atomic mass is 32.1. The number of H-pyrrole nitrogens is 1. The van der Waals surface area contributed by atoms with Crippen LogP contribution in [0.4, 0.5) is 0 Å². The van der Waals surface area contributed by atoms with Crippen molar-refractivity contribution in [2.24, 2.45) is 0 Å². The van der Waals surface area contributed by atoms with Crippen LogP contribution in [0.25, 0.3) is 11.5 Å². The maximum Gasteiger partial charge on any atom is 0.264 e. The molecule has 1 aromatic carbocycles. The Morgan fingerprint density at radius 1 is 1.41 bits per heavy atom. The third-order valence-corrected chi connectivity index (χ3v) is 5.18. The van der Waals surface area contributed by atoms with Crippen LogP contribution in [-0.2, 0) is 6.54 Å². The number of aromatic nitrogens is 3. The second-order valence-electron chi connectivity index (χ2n) is 6.56. The Bertz CT molecular complexity index is 1050. The van der Waals surface area contributed by atoms with E-state index in [2.05, 4.69) is 15.0 Å². The van der Waals surface area contributed by atoms with E-state index in [1.54, 1.807) is 23.1 Å². The van der Waals surface area contributed by atoms with Crippen LogP contribution in [0.1, 0.15) is 33.8 Å². The summed E-state index contributed by atoms with van der Waals surface area (Å²) >= 11 is 1.47. The van der Waals surface area contributed by atoms with E-state index in [1.807, 2.05) is 18.4 Å². The van der Waals surface area contributed by atoms with Gasteiger partial charge < -0.3 is 15.0 Å². The number of aromatic amines is 1. The Hall–Kier alpha value is -3.00. The molecule has 0 bridgehead atoms. The average Bonchev–Trinajstić information content (AvgIpc) is 3.39. The molecule has 1 saturated carbocycles. The minimum atomic E-state index is -0.475. The first kappa shape index (κ1) is 17.4. The minimum absolute atomic E-state index is 0.0118. The summed E-state index contributed by atoms with van der Waals surface area (Å²) in [5, 5.41) is 12.3. The van der Waals surface area contributed by atoms with E-state index in [0.717, 1.165) is 23.4 Å². The highest BCUT2D eigenvalue weighted by molar-refractivity contribution is 7.09. The number of nitrogens with zero attached hydrogens (tertiary/aromatic N) is 3. The first-order valence-corrected chi connectivity index (χ1v) is 9.50. The van der Waals surface area contributed by atoms with E-state index in [0.29, 0.717) is 18.1 Å². The lowest BCUT2D eigenvalue weighted by molar-refractivity contribution is 0.0727. The van der Waals surface area contributed by atoms with Crippen molar-refractivity contribution < 1.29 is 9.90 Å². The number of carbonyl (C=O) groups excluding carboxylic acids is 1. The van der Waals surface area contributed by atoms with Gasteiger partial charge >= 0.3 is 0 Å². The Balaban J connectivity index is 1.61. The fraction of sp³-hybridized carbons (Fsp3) is 0.263. The van der Waals surface area contributed by atoms with Crippen molar-refractivity contribution in [1.29, 1.82) is 0 Å². The number of phenols is 1. The summed E-state index contributed by atoms with van der Waals surface area (Å²) in [5.41, 5.74) is 0.941. The van der Waals surface area contributed by atoms with Gasteiger partial charge in [0, 0.05) is 24.2 Å². The molecule has 2 heterocycles. The molecular weight excluding hydrogens is 364 g/mol. The zero-order valence-corrected chi connectivity index (χ0v) is 15.5. The minimum Gasteiger partial charge on any atom is -0.508 e. The second kappa shape index (κ2) is 6.96. The number of aryl methyl sites for hydroxylation is 1. The molecule has 7 nitrogen and oxygen atoms in total. The lowest BCUT2D eigenvalue weighted by Crippen LogP contribution is -2.36. The van der Waals surface area contributed by atoms with Gasteiger partial charge in [-0.3, -0.25) is 9.59 Å². The predicted molar refractivity (Wildman–Crippen MR) is 102 cm³/mol. The van der Waals surface area contributed by atoms with Crippen LogP contribution < -0.4 is 5.56 Å². The molecule has 27 heavy (non-hydrogen) atoms. The summed E-state index contributed by atoms with van der Waals surface area (Å²) in [4.78, 5) is 38.4. The molecule has 2 aromatic heterocycles. The number of nitrogens with one attached hydrogen (secondary N) is 1. The monoisotopic (exact) mass is 382 g/mol. The van der Waals surface area contributed by atoms with Crippen molar-refractivity contribution >= 4 is 17.2 Å². The maximum atomic E-state index is 13.0. The Labute approximate surface area is 159 Å². The molecule has 1 aliphatic rings. The molecule has 1 amide bonds. The average molecular weight is 382 g/mol. The van der Waals surface area contributed by atoms with Crippen LogP contribution in [0.5, 0.6) is 5.75 Å². The second-order valence-corrected chi connectivity index (χ2v) is 7.62. The van der Waals surface area contributed by atoms with Crippen molar-refractivity contribution in [1.82, 2.24) is 19.9 Å². The van der Waals surface area contributed by atoms with E-state index < -0.39 is 5.56 Å². The number of thiazole rings is 1. The number of phenolic OH excluding ortho intramolecular Hbond substituents is 1. The Kier molecular flexibility index (Phi) is 4.49. The first-order valence-electron chi connectivity index (χ1n) is 8.62. The number of aromatic hydroxyl groups is 1. The topological polar surface area (TPSA) is 99.2 Å². The molecule has 0 aliphatic heterocycles. The lowest BCUT2D eigenvalue weighted by atomic mass is 10.2. The molecule has 1 aliphatic carbocycles. The maximum absolute atomic E-state index is 13.0. The number of hydrogen-bond acceptors (Lipinski definition) is 6. The van der Waals surface area contributed by atoms with Gasteiger partial charge in [0.2, 0.25) is 0 Å². The molecule has 0 radical (unpaired) electrons. The molecular formula is C19H18N4O3S. The van der Waals surface area contributed by atoms with Gasteiger partial charge in [-0.2, -0.15) is 0 Å². The summed E-state index contributed by atoms with van der Waals surface area (Å²) in [6.07, 6.45) is 3.14. The fourth-order valence-corrected chi connectivity index (χ4v) is 3.51. The van der Waals surface area contributed by atoms with Crippen molar-refractivity contribution in [3.8, 4) is 17.3 Å². The Morgan fingerprint density at radius 2 is 2.22 bits per heavy atom. The highest BCUT2D eigenvalue weighted by Crippen LogP contribution is 2.30. The number of benzene rings is 1. The van der Waals surface area contributed by atoms with E-state index in [1.165, 1.54) is 17.5 Å². The Morgan fingerprint density at radius 3 is 2.85 bits per heavy atom. The zero-order chi connectivity index (χ0) is 19.0. The third-order valence-electron chi connectivity index (χ3n) is 4.40. The highest BCUT2D eigenvalue weighted by Gasteiger charge is 2.34. The largest absolute Gasteiger partial charge is 0.508 e.